The second-order valence-electron chi connectivity index (χ2n) is 7.84. The van der Waals surface area contributed by atoms with Crippen LogP contribution in [0.5, 0.6) is 17.2 Å². The third kappa shape index (κ3) is 4.95. The molecule has 0 radical (unpaired) electrons. The Labute approximate surface area is 198 Å². The predicted octanol–water partition coefficient (Wildman–Crippen LogP) is 4.01. The predicted molar refractivity (Wildman–Crippen MR) is 132 cm³/mol. The molecule has 0 bridgehead atoms. The molecule has 1 fully saturated rings. The Hall–Kier alpha value is -3.13. The zero-order valence-corrected chi connectivity index (χ0v) is 20.3. The molecule has 4 rings (SSSR count). The molecule has 7 nitrogen and oxygen atoms in total. The van der Waals surface area contributed by atoms with E-state index in [4.69, 9.17) is 19.2 Å². The van der Waals surface area contributed by atoms with E-state index in [2.05, 4.69) is 17.0 Å². The molecule has 0 atom stereocenters. The van der Waals surface area contributed by atoms with E-state index in [1.165, 1.54) is 11.8 Å². The zero-order valence-electron chi connectivity index (χ0n) is 19.5. The maximum atomic E-state index is 12.9. The summed E-state index contributed by atoms with van der Waals surface area (Å²) in [5, 5.41) is 1.84. The Kier molecular flexibility index (Phi) is 7.13. The lowest BCUT2D eigenvalue weighted by atomic mass is 10.1. The number of benzene rings is 2. The summed E-state index contributed by atoms with van der Waals surface area (Å²) in [5.41, 5.74) is 2.93. The number of hydrogen-bond donors (Lipinski definition) is 0. The van der Waals surface area contributed by atoms with Crippen LogP contribution in [0.25, 0.3) is 10.9 Å². The number of ether oxygens (including phenoxy) is 3. The molecule has 0 unspecified atom stereocenters. The van der Waals surface area contributed by atoms with E-state index >= 15 is 0 Å². The molecule has 174 valence electrons. The molecule has 33 heavy (non-hydrogen) atoms. The maximum absolute atomic E-state index is 12.9. The van der Waals surface area contributed by atoms with Crippen LogP contribution in [0.2, 0.25) is 0 Å². The van der Waals surface area contributed by atoms with Gasteiger partial charge in [-0.25, -0.2) is 4.98 Å². The standard InChI is InChI=1S/C25H29N3O4S/c1-17-13-18-14-22(31-3)23(32-4)15-19(18)26-25(17)33-16-24(29)28-11-9-27(10-12-28)20-7-5-6-8-21(20)30-2/h5-8,13-15H,9-12,16H2,1-4H3. The number of pyridine rings is 1. The largest absolute Gasteiger partial charge is 0.495 e. The fourth-order valence-corrected chi connectivity index (χ4v) is 4.94. The first-order chi connectivity index (χ1) is 16.0. The number of carbonyl (C=O) groups is 1. The number of aromatic nitrogens is 1. The number of carbonyl (C=O) groups excluding carboxylic acids is 1. The van der Waals surface area contributed by atoms with Gasteiger partial charge in [0.05, 0.1) is 38.3 Å². The topological polar surface area (TPSA) is 64.1 Å². The summed E-state index contributed by atoms with van der Waals surface area (Å²) in [6, 6.07) is 13.9. The van der Waals surface area contributed by atoms with Crippen LogP contribution in [0.15, 0.2) is 47.5 Å². The Bertz CT molecular complexity index is 1150. The van der Waals surface area contributed by atoms with Gasteiger partial charge < -0.3 is 24.0 Å². The molecule has 0 saturated carbocycles. The first-order valence-electron chi connectivity index (χ1n) is 10.9. The third-order valence-corrected chi connectivity index (χ3v) is 6.93. The Morgan fingerprint density at radius 2 is 1.61 bits per heavy atom. The molecule has 0 N–H and O–H groups in total. The Balaban J connectivity index is 1.39. The van der Waals surface area contributed by atoms with Crippen LogP contribution in [-0.2, 0) is 4.79 Å². The fraction of sp³-hybridized carbons (Fsp3) is 0.360. The molecule has 1 aromatic heterocycles. The quantitative estimate of drug-likeness (QED) is 0.487. The van der Waals surface area contributed by atoms with E-state index in [1.54, 1.807) is 21.3 Å². The average Bonchev–Trinajstić information content (AvgIpc) is 2.86. The number of methoxy groups -OCH3 is 3. The number of hydrogen-bond acceptors (Lipinski definition) is 7. The number of nitrogens with zero attached hydrogens (tertiary/aromatic N) is 3. The number of aryl methyl sites for hydroxylation is 1. The van der Waals surface area contributed by atoms with Crippen molar-refractivity contribution >= 4 is 34.3 Å². The lowest BCUT2D eigenvalue weighted by Gasteiger charge is -2.36. The molecule has 0 spiro atoms. The highest BCUT2D eigenvalue weighted by molar-refractivity contribution is 7.99. The molecule has 2 heterocycles. The lowest BCUT2D eigenvalue weighted by molar-refractivity contribution is -0.128. The highest BCUT2D eigenvalue weighted by Crippen LogP contribution is 2.34. The summed E-state index contributed by atoms with van der Waals surface area (Å²) in [7, 11) is 4.92. The molecular formula is C25H29N3O4S. The molecule has 1 aliphatic heterocycles. The summed E-state index contributed by atoms with van der Waals surface area (Å²) < 4.78 is 16.3. The fourth-order valence-electron chi connectivity index (χ4n) is 4.04. The molecule has 3 aromatic rings. The van der Waals surface area contributed by atoms with Crippen molar-refractivity contribution in [1.82, 2.24) is 9.88 Å². The van der Waals surface area contributed by atoms with E-state index in [9.17, 15) is 4.79 Å². The first-order valence-corrected chi connectivity index (χ1v) is 11.8. The van der Waals surface area contributed by atoms with Crippen LogP contribution in [-0.4, -0.2) is 69.1 Å². The van der Waals surface area contributed by atoms with Gasteiger partial charge in [-0.1, -0.05) is 23.9 Å². The zero-order chi connectivity index (χ0) is 23.4. The number of rotatable bonds is 7. The lowest BCUT2D eigenvalue weighted by Crippen LogP contribution is -2.49. The van der Waals surface area contributed by atoms with Gasteiger partial charge in [0.2, 0.25) is 5.91 Å². The van der Waals surface area contributed by atoms with Gasteiger partial charge in [0.25, 0.3) is 0 Å². The van der Waals surface area contributed by atoms with Gasteiger partial charge in [0.15, 0.2) is 11.5 Å². The molecule has 1 amide bonds. The van der Waals surface area contributed by atoms with Gasteiger partial charge >= 0.3 is 0 Å². The highest BCUT2D eigenvalue weighted by Gasteiger charge is 2.23. The van der Waals surface area contributed by atoms with Gasteiger partial charge in [0, 0.05) is 37.6 Å². The van der Waals surface area contributed by atoms with Crippen molar-refractivity contribution in [3.63, 3.8) is 0 Å². The van der Waals surface area contributed by atoms with E-state index in [0.717, 1.165) is 46.0 Å². The monoisotopic (exact) mass is 467 g/mol. The summed E-state index contributed by atoms with van der Waals surface area (Å²) >= 11 is 1.48. The van der Waals surface area contributed by atoms with E-state index in [0.29, 0.717) is 30.3 Å². The second-order valence-corrected chi connectivity index (χ2v) is 8.80. The van der Waals surface area contributed by atoms with Gasteiger partial charge in [-0.15, -0.1) is 0 Å². The molecule has 8 heteroatoms. The van der Waals surface area contributed by atoms with Crippen LogP contribution < -0.4 is 19.1 Å². The van der Waals surface area contributed by atoms with Gasteiger partial charge in [-0.2, -0.15) is 0 Å². The minimum absolute atomic E-state index is 0.133. The van der Waals surface area contributed by atoms with Crippen molar-refractivity contribution in [3.05, 3.63) is 48.0 Å². The van der Waals surface area contributed by atoms with Crippen LogP contribution in [0.3, 0.4) is 0 Å². The van der Waals surface area contributed by atoms with Gasteiger partial charge in [0.1, 0.15) is 10.8 Å². The van der Waals surface area contributed by atoms with Crippen molar-refractivity contribution in [2.45, 2.75) is 11.9 Å². The second kappa shape index (κ2) is 10.2. The van der Waals surface area contributed by atoms with Crippen LogP contribution >= 0.6 is 11.8 Å². The minimum atomic E-state index is 0.133. The summed E-state index contributed by atoms with van der Waals surface area (Å²) in [6.45, 7) is 4.97. The van der Waals surface area contributed by atoms with E-state index < -0.39 is 0 Å². The first kappa shape index (κ1) is 23.0. The maximum Gasteiger partial charge on any atom is 0.233 e. The van der Waals surface area contributed by atoms with Crippen molar-refractivity contribution in [2.24, 2.45) is 0 Å². The molecule has 0 aliphatic carbocycles. The number of anilines is 1. The smallest absolute Gasteiger partial charge is 0.233 e. The summed E-state index contributed by atoms with van der Waals surface area (Å²) in [4.78, 5) is 21.9. The Morgan fingerprint density at radius 3 is 2.30 bits per heavy atom. The molecule has 1 aliphatic rings. The van der Waals surface area contributed by atoms with Crippen molar-refractivity contribution in [3.8, 4) is 17.2 Å². The van der Waals surface area contributed by atoms with Crippen molar-refractivity contribution in [1.29, 1.82) is 0 Å². The third-order valence-electron chi connectivity index (χ3n) is 5.85. The van der Waals surface area contributed by atoms with E-state index in [1.807, 2.05) is 42.2 Å². The normalized spacial score (nSPS) is 13.8. The van der Waals surface area contributed by atoms with Crippen molar-refractivity contribution < 1.29 is 19.0 Å². The summed E-state index contributed by atoms with van der Waals surface area (Å²) in [6.07, 6.45) is 0. The van der Waals surface area contributed by atoms with E-state index in [-0.39, 0.29) is 5.91 Å². The number of fused-ring (bicyclic) bond motifs is 1. The van der Waals surface area contributed by atoms with Crippen LogP contribution in [0, 0.1) is 6.92 Å². The average molecular weight is 468 g/mol. The molecular weight excluding hydrogens is 438 g/mol. The number of amides is 1. The minimum Gasteiger partial charge on any atom is -0.495 e. The molecule has 1 saturated heterocycles. The van der Waals surface area contributed by atoms with Crippen molar-refractivity contribution in [2.75, 3.05) is 58.2 Å². The van der Waals surface area contributed by atoms with Crippen LogP contribution in [0.4, 0.5) is 5.69 Å². The Morgan fingerprint density at radius 1 is 0.939 bits per heavy atom. The SMILES string of the molecule is COc1cc2cc(C)c(SCC(=O)N3CCN(c4ccccc4OC)CC3)nc2cc1OC. The number of piperazine rings is 1. The van der Waals surface area contributed by atoms with Gasteiger partial charge in [-0.05, 0) is 36.8 Å². The van der Waals surface area contributed by atoms with Crippen LogP contribution in [0.1, 0.15) is 5.56 Å². The number of para-hydroxylation sites is 2. The highest BCUT2D eigenvalue weighted by atomic mass is 32.2. The summed E-state index contributed by atoms with van der Waals surface area (Å²) in [5.74, 6) is 2.67. The van der Waals surface area contributed by atoms with Gasteiger partial charge in [-0.3, -0.25) is 4.79 Å². The molecule has 2 aromatic carbocycles. The number of thioether (sulfide) groups is 1.